The van der Waals surface area contributed by atoms with Crippen LogP contribution in [0.1, 0.15) is 34.5 Å². The maximum Gasteiger partial charge on any atom is 0.267 e. The van der Waals surface area contributed by atoms with Crippen LogP contribution in [0.2, 0.25) is 0 Å². The number of hydrogen-bond acceptors (Lipinski definition) is 6. The third-order valence-electron chi connectivity index (χ3n) is 5.96. The largest absolute Gasteiger partial charge is 0.493 e. The van der Waals surface area contributed by atoms with Crippen molar-refractivity contribution in [1.29, 1.82) is 0 Å². The van der Waals surface area contributed by atoms with E-state index in [0.717, 1.165) is 60.6 Å². The molecule has 1 amide bonds. The van der Waals surface area contributed by atoms with Crippen molar-refractivity contribution >= 4 is 28.8 Å². The van der Waals surface area contributed by atoms with Crippen LogP contribution in [0, 0.1) is 5.92 Å². The Kier molecular flexibility index (Phi) is 6.30. The van der Waals surface area contributed by atoms with Gasteiger partial charge in [0.1, 0.15) is 22.5 Å². The Bertz CT molecular complexity index is 1090. The topological polar surface area (TPSA) is 63.7 Å². The minimum absolute atomic E-state index is 0.135. The zero-order valence-corrected chi connectivity index (χ0v) is 19.2. The highest BCUT2D eigenvalue weighted by Gasteiger charge is 2.25. The summed E-state index contributed by atoms with van der Waals surface area (Å²) in [6.07, 6.45) is 5.32. The van der Waals surface area contributed by atoms with Crippen LogP contribution >= 0.6 is 11.5 Å². The summed E-state index contributed by atoms with van der Waals surface area (Å²) in [4.78, 5) is 15.1. The highest BCUT2D eigenvalue weighted by molar-refractivity contribution is 7.08. The Morgan fingerprint density at radius 3 is 2.52 bits per heavy atom. The van der Waals surface area contributed by atoms with Crippen molar-refractivity contribution < 1.29 is 14.3 Å². The van der Waals surface area contributed by atoms with Gasteiger partial charge in [-0.25, -0.2) is 4.37 Å². The predicted octanol–water partition coefficient (Wildman–Crippen LogP) is 4.99. The van der Waals surface area contributed by atoms with Crippen molar-refractivity contribution in [1.82, 2.24) is 9.69 Å². The standard InChI is InChI=1S/C26H27N3O3S/c1-18(28-26(30)25-12-14-27-33-25)20-4-8-23(9-5-20)32-24-13-15-29(16-24)21-6-10-22(11-7-21)31-17-19-2-3-19/h4-12,14,19,24H,1-3,13,15-17H2,(H,28,30). The number of carbonyl (C=O) groups is 1. The molecule has 2 heterocycles. The molecule has 7 heteroatoms. The summed E-state index contributed by atoms with van der Waals surface area (Å²) in [6.45, 7) is 6.63. The summed E-state index contributed by atoms with van der Waals surface area (Å²) in [5, 5.41) is 2.82. The van der Waals surface area contributed by atoms with Crippen molar-refractivity contribution in [3.05, 3.63) is 77.8 Å². The smallest absolute Gasteiger partial charge is 0.267 e. The molecule has 33 heavy (non-hydrogen) atoms. The van der Waals surface area contributed by atoms with Crippen LogP contribution in [-0.4, -0.2) is 36.1 Å². The van der Waals surface area contributed by atoms with Crippen molar-refractivity contribution in [2.75, 3.05) is 24.6 Å². The summed E-state index contributed by atoms with van der Waals surface area (Å²) in [6, 6.07) is 17.7. The first-order valence-corrected chi connectivity index (χ1v) is 12.1. The molecule has 1 atom stereocenters. The lowest BCUT2D eigenvalue weighted by atomic mass is 10.1. The van der Waals surface area contributed by atoms with Gasteiger partial charge in [0.15, 0.2) is 0 Å². The summed E-state index contributed by atoms with van der Waals surface area (Å²) >= 11 is 1.16. The van der Waals surface area contributed by atoms with E-state index in [4.69, 9.17) is 9.47 Å². The molecule has 2 fully saturated rings. The average molecular weight is 462 g/mol. The number of ether oxygens (including phenoxy) is 2. The molecule has 6 nitrogen and oxygen atoms in total. The first-order chi connectivity index (χ1) is 16.1. The minimum Gasteiger partial charge on any atom is -0.493 e. The number of carbonyl (C=O) groups excluding carboxylic acids is 1. The average Bonchev–Trinajstić information content (AvgIpc) is 3.29. The van der Waals surface area contributed by atoms with E-state index in [2.05, 4.69) is 45.4 Å². The van der Waals surface area contributed by atoms with E-state index in [1.54, 1.807) is 12.3 Å². The Hall–Kier alpha value is -3.32. The van der Waals surface area contributed by atoms with Crippen molar-refractivity contribution in [3.63, 3.8) is 0 Å². The second-order valence-electron chi connectivity index (χ2n) is 8.56. The molecule has 170 valence electrons. The van der Waals surface area contributed by atoms with Gasteiger partial charge in [-0.3, -0.25) is 4.79 Å². The van der Waals surface area contributed by atoms with Crippen LogP contribution in [0.4, 0.5) is 5.69 Å². The van der Waals surface area contributed by atoms with Gasteiger partial charge < -0.3 is 19.7 Å². The third kappa shape index (κ3) is 5.54. The SMILES string of the molecule is C=C(NC(=O)c1ccns1)c1ccc(OC2CCN(c3ccc(OCC4CC4)cc3)C2)cc1. The number of rotatable bonds is 9. The third-order valence-corrected chi connectivity index (χ3v) is 6.71. The van der Waals surface area contributed by atoms with Gasteiger partial charge in [-0.05, 0) is 90.5 Å². The number of benzene rings is 2. The molecule has 0 bridgehead atoms. The fourth-order valence-corrected chi connectivity index (χ4v) is 4.33. The molecule has 1 aliphatic carbocycles. The molecule has 1 N–H and O–H groups in total. The molecule has 1 aromatic heterocycles. The fourth-order valence-electron chi connectivity index (χ4n) is 3.84. The maximum atomic E-state index is 12.2. The molecule has 0 radical (unpaired) electrons. The second-order valence-corrected chi connectivity index (χ2v) is 9.39. The zero-order chi connectivity index (χ0) is 22.6. The molecule has 5 rings (SSSR count). The summed E-state index contributed by atoms with van der Waals surface area (Å²) in [5.74, 6) is 2.32. The van der Waals surface area contributed by atoms with Crippen molar-refractivity contribution in [3.8, 4) is 11.5 Å². The Morgan fingerprint density at radius 2 is 1.82 bits per heavy atom. The zero-order valence-electron chi connectivity index (χ0n) is 18.4. The molecular formula is C26H27N3O3S. The Balaban J connectivity index is 1.11. The molecule has 1 unspecified atom stereocenters. The van der Waals surface area contributed by atoms with E-state index < -0.39 is 0 Å². The van der Waals surface area contributed by atoms with Crippen molar-refractivity contribution in [2.45, 2.75) is 25.4 Å². The van der Waals surface area contributed by atoms with Gasteiger partial charge in [0, 0.05) is 30.5 Å². The van der Waals surface area contributed by atoms with Crippen LogP contribution in [0.25, 0.3) is 5.70 Å². The van der Waals surface area contributed by atoms with E-state index in [-0.39, 0.29) is 12.0 Å². The minimum atomic E-state index is -0.198. The molecule has 2 aliphatic rings. The fraction of sp³-hybridized carbons (Fsp3) is 0.308. The first-order valence-electron chi connectivity index (χ1n) is 11.3. The van der Waals surface area contributed by atoms with E-state index >= 15 is 0 Å². The van der Waals surface area contributed by atoms with Crippen LogP contribution < -0.4 is 19.7 Å². The van der Waals surface area contributed by atoms with Gasteiger partial charge in [0.2, 0.25) is 0 Å². The van der Waals surface area contributed by atoms with E-state index in [1.807, 2.05) is 24.3 Å². The van der Waals surface area contributed by atoms with Gasteiger partial charge in [-0.1, -0.05) is 6.58 Å². The normalized spacial score (nSPS) is 17.6. The van der Waals surface area contributed by atoms with Crippen LogP contribution in [0.15, 0.2) is 67.4 Å². The van der Waals surface area contributed by atoms with Gasteiger partial charge in [-0.15, -0.1) is 0 Å². The quantitative estimate of drug-likeness (QED) is 0.486. The lowest BCUT2D eigenvalue weighted by molar-refractivity contribution is 0.0978. The lowest BCUT2D eigenvalue weighted by Crippen LogP contribution is -2.24. The number of nitrogens with zero attached hydrogens (tertiary/aromatic N) is 2. The first kappa shape index (κ1) is 21.5. The molecule has 1 saturated heterocycles. The molecule has 3 aromatic rings. The van der Waals surface area contributed by atoms with Crippen LogP contribution in [0.5, 0.6) is 11.5 Å². The van der Waals surface area contributed by atoms with Crippen LogP contribution in [-0.2, 0) is 0 Å². The predicted molar refractivity (Wildman–Crippen MR) is 131 cm³/mol. The molecule has 2 aromatic carbocycles. The Labute approximate surface area is 198 Å². The van der Waals surface area contributed by atoms with Gasteiger partial charge >= 0.3 is 0 Å². The number of anilines is 1. The molecule has 1 saturated carbocycles. The molecule has 0 spiro atoms. The van der Waals surface area contributed by atoms with E-state index in [0.29, 0.717) is 10.6 Å². The highest BCUT2D eigenvalue weighted by atomic mass is 32.1. The summed E-state index contributed by atoms with van der Waals surface area (Å²) in [7, 11) is 0. The number of amides is 1. The van der Waals surface area contributed by atoms with E-state index in [9.17, 15) is 4.79 Å². The van der Waals surface area contributed by atoms with Gasteiger partial charge in [-0.2, -0.15) is 0 Å². The highest BCUT2D eigenvalue weighted by Crippen LogP contribution is 2.30. The van der Waals surface area contributed by atoms with Crippen LogP contribution in [0.3, 0.4) is 0 Å². The lowest BCUT2D eigenvalue weighted by Gasteiger charge is -2.19. The number of aromatic nitrogens is 1. The number of nitrogens with one attached hydrogen (secondary N) is 1. The Morgan fingerprint density at radius 1 is 1.06 bits per heavy atom. The number of hydrogen-bond donors (Lipinski definition) is 1. The van der Waals surface area contributed by atoms with Gasteiger partial charge in [0.05, 0.1) is 13.2 Å². The molecule has 1 aliphatic heterocycles. The summed E-state index contributed by atoms with van der Waals surface area (Å²) in [5.41, 5.74) is 2.59. The maximum absolute atomic E-state index is 12.2. The second kappa shape index (κ2) is 9.67. The van der Waals surface area contributed by atoms with Gasteiger partial charge in [0.25, 0.3) is 5.91 Å². The summed E-state index contributed by atoms with van der Waals surface area (Å²) < 4.78 is 16.0. The van der Waals surface area contributed by atoms with Crippen molar-refractivity contribution in [2.24, 2.45) is 5.92 Å². The van der Waals surface area contributed by atoms with E-state index in [1.165, 1.54) is 18.5 Å². The molecular weight excluding hydrogens is 434 g/mol. The monoisotopic (exact) mass is 461 g/mol.